The van der Waals surface area contributed by atoms with Crippen LogP contribution in [-0.4, -0.2) is 5.78 Å². The number of ketones is 1. The summed E-state index contributed by atoms with van der Waals surface area (Å²) < 4.78 is 0. The smallest absolute Gasteiger partial charge is 0.133 e. The molecule has 3 rings (SSSR count). The van der Waals surface area contributed by atoms with Crippen LogP contribution in [0.5, 0.6) is 0 Å². The van der Waals surface area contributed by atoms with Gasteiger partial charge in [0.2, 0.25) is 0 Å². The molecule has 0 spiro atoms. The number of hydrogen-bond donors (Lipinski definition) is 0. The predicted molar refractivity (Wildman–Crippen MR) is 42.1 cm³/mol. The second-order valence-corrected chi connectivity index (χ2v) is 4.70. The molecule has 0 N–H and O–H groups in total. The van der Waals surface area contributed by atoms with Crippen LogP contribution in [0.15, 0.2) is 0 Å². The maximum atomic E-state index is 11.2. The molecule has 0 radical (unpaired) electrons. The minimum Gasteiger partial charge on any atom is -0.300 e. The molecule has 0 heterocycles. The lowest BCUT2D eigenvalue weighted by Crippen LogP contribution is -2.30. The van der Waals surface area contributed by atoms with Crippen molar-refractivity contribution in [3.05, 3.63) is 0 Å². The van der Waals surface area contributed by atoms with Crippen molar-refractivity contribution in [2.75, 3.05) is 0 Å². The molecular weight excluding hydrogens is 136 g/mol. The van der Waals surface area contributed by atoms with E-state index in [9.17, 15) is 4.79 Å². The summed E-state index contributed by atoms with van der Waals surface area (Å²) in [6.45, 7) is 0. The standard InChI is InChI=1S/C10H14O/c11-9-4-7-1-6-2-8(5-9)10(7)3-6/h6-8,10H,1-5H2. The second-order valence-electron chi connectivity index (χ2n) is 4.70. The van der Waals surface area contributed by atoms with Crippen molar-refractivity contribution in [1.82, 2.24) is 0 Å². The van der Waals surface area contributed by atoms with Crippen molar-refractivity contribution < 1.29 is 4.79 Å². The van der Waals surface area contributed by atoms with E-state index in [0.717, 1.165) is 36.5 Å². The molecule has 1 nitrogen and oxygen atoms in total. The molecule has 0 saturated heterocycles. The van der Waals surface area contributed by atoms with Crippen molar-refractivity contribution in [2.24, 2.45) is 23.7 Å². The second kappa shape index (κ2) is 1.88. The van der Waals surface area contributed by atoms with Crippen molar-refractivity contribution in [3.8, 4) is 0 Å². The van der Waals surface area contributed by atoms with Gasteiger partial charge >= 0.3 is 0 Å². The van der Waals surface area contributed by atoms with Gasteiger partial charge in [-0.15, -0.1) is 0 Å². The maximum absolute atomic E-state index is 11.2. The first-order valence-electron chi connectivity index (χ1n) is 4.84. The Hall–Kier alpha value is -0.330. The molecule has 3 aliphatic carbocycles. The minimum absolute atomic E-state index is 0.552. The summed E-state index contributed by atoms with van der Waals surface area (Å²) in [6.07, 6.45) is 6.08. The molecule has 0 aromatic heterocycles. The number of carbonyl (C=O) groups is 1. The average Bonchev–Trinajstić information content (AvgIpc) is 2.41. The lowest BCUT2D eigenvalue weighted by Gasteiger charge is -2.33. The summed E-state index contributed by atoms with van der Waals surface area (Å²) in [5.41, 5.74) is 0. The molecule has 0 aromatic rings. The highest BCUT2D eigenvalue weighted by Gasteiger charge is 2.49. The van der Waals surface area contributed by atoms with Crippen LogP contribution >= 0.6 is 0 Å². The van der Waals surface area contributed by atoms with Gasteiger partial charge in [-0.3, -0.25) is 4.79 Å². The van der Waals surface area contributed by atoms with Crippen LogP contribution in [0.4, 0.5) is 0 Å². The van der Waals surface area contributed by atoms with Gasteiger partial charge in [-0.25, -0.2) is 0 Å². The van der Waals surface area contributed by atoms with Crippen LogP contribution in [0.1, 0.15) is 32.1 Å². The van der Waals surface area contributed by atoms with E-state index >= 15 is 0 Å². The van der Waals surface area contributed by atoms with E-state index in [4.69, 9.17) is 0 Å². The van der Waals surface area contributed by atoms with Crippen molar-refractivity contribution in [3.63, 3.8) is 0 Å². The lowest BCUT2D eigenvalue weighted by atomic mass is 9.71. The first-order chi connectivity index (χ1) is 5.33. The zero-order valence-corrected chi connectivity index (χ0v) is 6.75. The summed E-state index contributed by atoms with van der Waals surface area (Å²) in [5, 5.41) is 0. The summed E-state index contributed by atoms with van der Waals surface area (Å²) in [5.74, 6) is 4.18. The number of rotatable bonds is 0. The Morgan fingerprint density at radius 2 is 1.64 bits per heavy atom. The van der Waals surface area contributed by atoms with Gasteiger partial charge in [0, 0.05) is 12.8 Å². The Morgan fingerprint density at radius 1 is 1.00 bits per heavy atom. The van der Waals surface area contributed by atoms with Crippen molar-refractivity contribution in [2.45, 2.75) is 32.1 Å². The Kier molecular flexibility index (Phi) is 1.06. The Balaban J connectivity index is 1.92. The monoisotopic (exact) mass is 150 g/mol. The van der Waals surface area contributed by atoms with Gasteiger partial charge in [0.15, 0.2) is 0 Å². The Bertz CT molecular complexity index is 191. The summed E-state index contributed by atoms with van der Waals surface area (Å²) in [6, 6.07) is 0. The quantitative estimate of drug-likeness (QED) is 0.516. The molecule has 0 aromatic carbocycles. The summed E-state index contributed by atoms with van der Waals surface area (Å²) in [7, 11) is 0. The third-order valence-electron chi connectivity index (χ3n) is 4.07. The molecule has 60 valence electrons. The van der Waals surface area contributed by atoms with Gasteiger partial charge in [-0.2, -0.15) is 0 Å². The number of hydrogen-bond acceptors (Lipinski definition) is 1. The first-order valence-corrected chi connectivity index (χ1v) is 4.84. The zero-order chi connectivity index (χ0) is 7.42. The topological polar surface area (TPSA) is 17.1 Å². The molecule has 0 amide bonds. The molecule has 11 heavy (non-hydrogen) atoms. The van der Waals surface area contributed by atoms with Crippen molar-refractivity contribution in [1.29, 1.82) is 0 Å². The summed E-state index contributed by atoms with van der Waals surface area (Å²) >= 11 is 0. The van der Waals surface area contributed by atoms with Gasteiger partial charge in [0.1, 0.15) is 5.78 Å². The van der Waals surface area contributed by atoms with Crippen molar-refractivity contribution >= 4 is 5.78 Å². The Labute approximate surface area is 67.2 Å². The third-order valence-corrected chi connectivity index (χ3v) is 4.07. The molecular formula is C10H14O. The van der Waals surface area contributed by atoms with Crippen LogP contribution in [0.25, 0.3) is 0 Å². The lowest BCUT2D eigenvalue weighted by molar-refractivity contribution is -0.124. The minimum atomic E-state index is 0.552. The van der Waals surface area contributed by atoms with E-state index in [1.165, 1.54) is 19.3 Å². The van der Waals surface area contributed by atoms with Gasteiger partial charge in [0.05, 0.1) is 0 Å². The summed E-state index contributed by atoms with van der Waals surface area (Å²) in [4.78, 5) is 11.2. The third kappa shape index (κ3) is 0.743. The van der Waals surface area contributed by atoms with Gasteiger partial charge in [-0.05, 0) is 42.9 Å². The fourth-order valence-electron chi connectivity index (χ4n) is 3.79. The zero-order valence-electron chi connectivity index (χ0n) is 6.75. The molecule has 2 bridgehead atoms. The molecule has 0 aliphatic heterocycles. The predicted octanol–water partition coefficient (Wildman–Crippen LogP) is 2.01. The van der Waals surface area contributed by atoms with Crippen LogP contribution in [0, 0.1) is 23.7 Å². The van der Waals surface area contributed by atoms with Gasteiger partial charge < -0.3 is 0 Å². The van der Waals surface area contributed by atoms with E-state index in [1.807, 2.05) is 0 Å². The molecule has 3 fully saturated rings. The van der Waals surface area contributed by atoms with Gasteiger partial charge in [0.25, 0.3) is 0 Å². The fourth-order valence-corrected chi connectivity index (χ4v) is 3.79. The fraction of sp³-hybridized carbons (Fsp3) is 0.900. The highest BCUT2D eigenvalue weighted by molar-refractivity contribution is 5.80. The van der Waals surface area contributed by atoms with E-state index in [1.54, 1.807) is 0 Å². The molecule has 3 aliphatic rings. The van der Waals surface area contributed by atoms with E-state index < -0.39 is 0 Å². The first kappa shape index (κ1) is 6.22. The molecule has 1 heteroatoms. The number of fused-ring (bicyclic) bond motifs is 1. The van der Waals surface area contributed by atoms with E-state index in [0.29, 0.717) is 5.78 Å². The number of carbonyl (C=O) groups excluding carboxylic acids is 1. The van der Waals surface area contributed by atoms with Crippen LogP contribution in [0.3, 0.4) is 0 Å². The average molecular weight is 150 g/mol. The number of Topliss-reactive ketones (excluding diaryl/α,β-unsaturated/α-hetero) is 1. The molecule has 3 saturated carbocycles. The highest BCUT2D eigenvalue weighted by atomic mass is 16.1. The van der Waals surface area contributed by atoms with Gasteiger partial charge in [-0.1, -0.05) is 0 Å². The van der Waals surface area contributed by atoms with E-state index in [-0.39, 0.29) is 0 Å². The SMILES string of the molecule is O=C1CC2CC3CC(C1)C2C3. The maximum Gasteiger partial charge on any atom is 0.133 e. The molecule has 2 unspecified atom stereocenters. The van der Waals surface area contributed by atoms with E-state index in [2.05, 4.69) is 0 Å². The van der Waals surface area contributed by atoms with Crippen LogP contribution in [0.2, 0.25) is 0 Å². The highest BCUT2D eigenvalue weighted by Crippen LogP contribution is 2.56. The van der Waals surface area contributed by atoms with Crippen LogP contribution < -0.4 is 0 Å². The van der Waals surface area contributed by atoms with Crippen LogP contribution in [-0.2, 0) is 4.79 Å². The normalized spacial score (nSPS) is 53.6. The largest absolute Gasteiger partial charge is 0.300 e. The molecule has 2 atom stereocenters. The Morgan fingerprint density at radius 3 is 2.18 bits per heavy atom.